The Kier molecular flexibility index (Phi) is 5.46. The van der Waals surface area contributed by atoms with Gasteiger partial charge in [0.25, 0.3) is 0 Å². The van der Waals surface area contributed by atoms with Crippen molar-refractivity contribution in [3.8, 4) is 0 Å². The van der Waals surface area contributed by atoms with Crippen LogP contribution in [0.15, 0.2) is 18.2 Å². The highest BCUT2D eigenvalue weighted by Gasteiger charge is 2.41. The Balaban J connectivity index is 2.09. The summed E-state index contributed by atoms with van der Waals surface area (Å²) < 4.78 is 4.90. The third-order valence-electron chi connectivity index (χ3n) is 4.22. The topological polar surface area (TPSA) is 55.4 Å². The third-order valence-corrected chi connectivity index (χ3v) is 4.57. The van der Waals surface area contributed by atoms with E-state index in [0.717, 1.165) is 30.4 Å². The predicted octanol–water partition coefficient (Wildman–Crippen LogP) is 3.18. The molecule has 1 aromatic rings. The van der Waals surface area contributed by atoms with Crippen molar-refractivity contribution in [2.75, 3.05) is 7.11 Å². The van der Waals surface area contributed by atoms with Gasteiger partial charge in [-0.05, 0) is 37.0 Å². The first-order valence-corrected chi connectivity index (χ1v) is 7.99. The SMILES string of the molecule is COC(=O)C1(NC(=O)Cc2ccc(C)cc2Cl)CCCCC1. The molecule has 0 aromatic heterocycles. The lowest BCUT2D eigenvalue weighted by molar-refractivity contribution is -0.152. The van der Waals surface area contributed by atoms with E-state index in [1.54, 1.807) is 0 Å². The van der Waals surface area contributed by atoms with Crippen molar-refractivity contribution in [2.24, 2.45) is 0 Å². The maximum atomic E-state index is 12.4. The number of hydrogen-bond donors (Lipinski definition) is 1. The lowest BCUT2D eigenvalue weighted by atomic mass is 9.81. The molecule has 0 spiro atoms. The number of amides is 1. The minimum atomic E-state index is -0.874. The molecule has 5 heteroatoms. The van der Waals surface area contributed by atoms with E-state index in [2.05, 4.69) is 5.32 Å². The van der Waals surface area contributed by atoms with Crippen molar-refractivity contribution in [1.29, 1.82) is 0 Å². The molecule has 1 saturated carbocycles. The molecule has 0 unspecified atom stereocenters. The number of halogens is 1. The fourth-order valence-electron chi connectivity index (χ4n) is 3.01. The van der Waals surface area contributed by atoms with Gasteiger partial charge >= 0.3 is 5.97 Å². The molecule has 1 aliphatic carbocycles. The maximum absolute atomic E-state index is 12.4. The van der Waals surface area contributed by atoms with Crippen LogP contribution in [0.3, 0.4) is 0 Å². The van der Waals surface area contributed by atoms with Crippen LogP contribution < -0.4 is 5.32 Å². The van der Waals surface area contributed by atoms with Crippen LogP contribution in [0, 0.1) is 6.92 Å². The zero-order valence-corrected chi connectivity index (χ0v) is 13.8. The molecular weight excluding hydrogens is 302 g/mol. The van der Waals surface area contributed by atoms with E-state index in [9.17, 15) is 9.59 Å². The minimum Gasteiger partial charge on any atom is -0.467 e. The van der Waals surface area contributed by atoms with Crippen LogP contribution in [0.2, 0.25) is 5.02 Å². The number of ether oxygens (including phenoxy) is 1. The number of benzene rings is 1. The molecule has 4 nitrogen and oxygen atoms in total. The number of carbonyl (C=O) groups excluding carboxylic acids is 2. The van der Waals surface area contributed by atoms with E-state index in [0.29, 0.717) is 17.9 Å². The molecule has 1 amide bonds. The summed E-state index contributed by atoms with van der Waals surface area (Å²) >= 11 is 6.17. The first kappa shape index (κ1) is 16.8. The molecule has 0 heterocycles. The second-order valence-electron chi connectivity index (χ2n) is 5.95. The largest absolute Gasteiger partial charge is 0.467 e. The highest BCUT2D eigenvalue weighted by Crippen LogP contribution is 2.29. The van der Waals surface area contributed by atoms with Gasteiger partial charge in [-0.25, -0.2) is 4.79 Å². The smallest absolute Gasteiger partial charge is 0.331 e. The predicted molar refractivity (Wildman–Crippen MR) is 85.9 cm³/mol. The van der Waals surface area contributed by atoms with Gasteiger partial charge in [0.05, 0.1) is 13.5 Å². The summed E-state index contributed by atoms with van der Waals surface area (Å²) in [5.74, 6) is -0.548. The van der Waals surface area contributed by atoms with Crippen LogP contribution in [0.25, 0.3) is 0 Å². The summed E-state index contributed by atoms with van der Waals surface area (Å²) in [6, 6.07) is 5.61. The van der Waals surface area contributed by atoms with Gasteiger partial charge in [0.2, 0.25) is 5.91 Å². The van der Waals surface area contributed by atoms with Crippen LogP contribution in [0.5, 0.6) is 0 Å². The molecule has 22 heavy (non-hydrogen) atoms. The average Bonchev–Trinajstić information content (AvgIpc) is 2.50. The van der Waals surface area contributed by atoms with E-state index in [-0.39, 0.29) is 18.3 Å². The third kappa shape index (κ3) is 3.80. The summed E-state index contributed by atoms with van der Waals surface area (Å²) in [5, 5.41) is 3.48. The van der Waals surface area contributed by atoms with Crippen molar-refractivity contribution in [2.45, 2.75) is 51.0 Å². The zero-order chi connectivity index (χ0) is 16.2. The van der Waals surface area contributed by atoms with Crippen LogP contribution >= 0.6 is 11.6 Å². The second-order valence-corrected chi connectivity index (χ2v) is 6.36. The van der Waals surface area contributed by atoms with E-state index in [1.807, 2.05) is 25.1 Å². The van der Waals surface area contributed by atoms with Crippen molar-refractivity contribution < 1.29 is 14.3 Å². The lowest BCUT2D eigenvalue weighted by Crippen LogP contribution is -2.56. The second kappa shape index (κ2) is 7.14. The normalized spacial score (nSPS) is 16.9. The number of nitrogens with one attached hydrogen (secondary N) is 1. The van der Waals surface area contributed by atoms with Crippen LogP contribution in [-0.4, -0.2) is 24.5 Å². The quantitative estimate of drug-likeness (QED) is 0.866. The van der Waals surface area contributed by atoms with Gasteiger partial charge in [-0.3, -0.25) is 4.79 Å². The standard InChI is InChI=1S/C17H22ClNO3/c1-12-6-7-13(14(18)10-12)11-15(20)19-17(16(21)22-2)8-4-3-5-9-17/h6-7,10H,3-5,8-9,11H2,1-2H3,(H,19,20). The lowest BCUT2D eigenvalue weighted by Gasteiger charge is -2.35. The van der Waals surface area contributed by atoms with Crippen LogP contribution in [0.4, 0.5) is 0 Å². The van der Waals surface area contributed by atoms with Crippen molar-refractivity contribution >= 4 is 23.5 Å². The molecule has 1 aliphatic rings. The van der Waals surface area contributed by atoms with Gasteiger partial charge < -0.3 is 10.1 Å². The Morgan fingerprint density at radius 1 is 1.27 bits per heavy atom. The molecule has 0 radical (unpaired) electrons. The number of aryl methyl sites for hydroxylation is 1. The monoisotopic (exact) mass is 323 g/mol. The summed E-state index contributed by atoms with van der Waals surface area (Å²) in [5.41, 5.74) is 0.939. The highest BCUT2D eigenvalue weighted by atomic mass is 35.5. The van der Waals surface area contributed by atoms with Gasteiger partial charge in [0.15, 0.2) is 0 Å². The van der Waals surface area contributed by atoms with E-state index >= 15 is 0 Å². The Hall–Kier alpha value is -1.55. The zero-order valence-electron chi connectivity index (χ0n) is 13.1. The van der Waals surface area contributed by atoms with Crippen molar-refractivity contribution in [3.05, 3.63) is 34.3 Å². The molecule has 120 valence electrons. The van der Waals surface area contributed by atoms with Gasteiger partial charge in [0.1, 0.15) is 5.54 Å². The first-order valence-electron chi connectivity index (χ1n) is 7.61. The number of methoxy groups -OCH3 is 1. The Morgan fingerprint density at radius 2 is 1.95 bits per heavy atom. The highest BCUT2D eigenvalue weighted by molar-refractivity contribution is 6.31. The molecule has 1 N–H and O–H groups in total. The molecular formula is C17H22ClNO3. The molecule has 2 rings (SSSR count). The summed E-state index contributed by atoms with van der Waals surface area (Å²) in [4.78, 5) is 24.5. The molecule has 0 saturated heterocycles. The van der Waals surface area contributed by atoms with E-state index < -0.39 is 5.54 Å². The molecule has 0 atom stereocenters. The Labute approximate surface area is 136 Å². The van der Waals surface area contributed by atoms with Gasteiger partial charge in [-0.2, -0.15) is 0 Å². The molecule has 0 aliphatic heterocycles. The number of esters is 1. The van der Waals surface area contributed by atoms with E-state index in [1.165, 1.54) is 7.11 Å². The minimum absolute atomic E-state index is 0.165. The fraction of sp³-hybridized carbons (Fsp3) is 0.529. The number of rotatable bonds is 4. The van der Waals surface area contributed by atoms with E-state index in [4.69, 9.17) is 16.3 Å². The number of carbonyl (C=O) groups is 2. The molecule has 0 bridgehead atoms. The Bertz CT molecular complexity index is 565. The maximum Gasteiger partial charge on any atom is 0.331 e. The first-order chi connectivity index (χ1) is 10.5. The summed E-state index contributed by atoms with van der Waals surface area (Å²) in [6.45, 7) is 1.95. The van der Waals surface area contributed by atoms with Crippen LogP contribution in [0.1, 0.15) is 43.2 Å². The van der Waals surface area contributed by atoms with Crippen molar-refractivity contribution in [3.63, 3.8) is 0 Å². The Morgan fingerprint density at radius 3 is 2.55 bits per heavy atom. The van der Waals surface area contributed by atoms with Crippen molar-refractivity contribution in [1.82, 2.24) is 5.32 Å². The molecule has 1 aromatic carbocycles. The number of hydrogen-bond acceptors (Lipinski definition) is 3. The summed E-state index contributed by atoms with van der Waals surface area (Å²) in [6.07, 6.45) is 4.34. The summed E-state index contributed by atoms with van der Waals surface area (Å²) in [7, 11) is 1.36. The van der Waals surface area contributed by atoms with Gasteiger partial charge in [-0.15, -0.1) is 0 Å². The average molecular weight is 324 g/mol. The van der Waals surface area contributed by atoms with Gasteiger partial charge in [0, 0.05) is 5.02 Å². The molecule has 1 fully saturated rings. The van der Waals surface area contributed by atoms with Gasteiger partial charge in [-0.1, -0.05) is 43.0 Å². The van der Waals surface area contributed by atoms with Crippen LogP contribution in [-0.2, 0) is 20.7 Å². The fourth-order valence-corrected chi connectivity index (χ4v) is 3.31.